The van der Waals surface area contributed by atoms with E-state index in [0.717, 1.165) is 31.7 Å². The Labute approximate surface area is 122 Å². The van der Waals surface area contributed by atoms with E-state index in [1.54, 1.807) is 13.2 Å². The first-order valence-electron chi connectivity index (χ1n) is 7.03. The van der Waals surface area contributed by atoms with E-state index in [1.165, 1.54) is 10.9 Å². The van der Waals surface area contributed by atoms with Gasteiger partial charge in [0.05, 0.1) is 12.4 Å². The minimum Gasteiger partial charge on any atom is -0.355 e. The van der Waals surface area contributed by atoms with Crippen LogP contribution in [0.2, 0.25) is 0 Å². The van der Waals surface area contributed by atoms with Crippen molar-refractivity contribution in [2.75, 3.05) is 18.0 Å². The third kappa shape index (κ3) is 2.74. The molecule has 1 amide bonds. The largest absolute Gasteiger partial charge is 0.355 e. The van der Waals surface area contributed by atoms with Crippen LogP contribution in [0.5, 0.6) is 0 Å². The summed E-state index contributed by atoms with van der Waals surface area (Å²) in [7, 11) is 3.64. The lowest BCUT2D eigenvalue weighted by Crippen LogP contribution is -2.48. The number of rotatable bonds is 3. The highest BCUT2D eigenvalue weighted by Crippen LogP contribution is 2.19. The Balaban J connectivity index is 1.66. The van der Waals surface area contributed by atoms with E-state index in [9.17, 15) is 4.79 Å². The van der Waals surface area contributed by atoms with Gasteiger partial charge in [-0.3, -0.25) is 9.48 Å². The first-order valence-corrected chi connectivity index (χ1v) is 7.03. The fourth-order valence-corrected chi connectivity index (χ4v) is 2.73. The lowest BCUT2D eigenvalue weighted by Gasteiger charge is -2.34. The van der Waals surface area contributed by atoms with Crippen LogP contribution < -0.4 is 10.2 Å². The van der Waals surface area contributed by atoms with E-state index in [0.29, 0.717) is 5.69 Å². The molecule has 3 heterocycles. The van der Waals surface area contributed by atoms with Crippen LogP contribution in [-0.2, 0) is 14.1 Å². The molecule has 0 spiro atoms. The maximum Gasteiger partial charge on any atom is 0.271 e. The van der Waals surface area contributed by atoms with Gasteiger partial charge in [0, 0.05) is 39.3 Å². The molecule has 2 aromatic rings. The van der Waals surface area contributed by atoms with Crippen molar-refractivity contribution in [2.24, 2.45) is 14.1 Å². The normalized spacial score (nSPS) is 18.8. The maximum atomic E-state index is 12.2. The Morgan fingerprint density at radius 1 is 1.38 bits per heavy atom. The van der Waals surface area contributed by atoms with Crippen molar-refractivity contribution in [3.8, 4) is 0 Å². The second kappa shape index (κ2) is 5.55. The van der Waals surface area contributed by atoms with Crippen LogP contribution >= 0.6 is 0 Å². The van der Waals surface area contributed by atoms with Crippen LogP contribution in [0.3, 0.4) is 0 Å². The smallest absolute Gasteiger partial charge is 0.271 e. The minimum atomic E-state index is -0.126. The van der Waals surface area contributed by atoms with Crippen LogP contribution in [0, 0.1) is 0 Å². The van der Waals surface area contributed by atoms with E-state index in [1.807, 2.05) is 17.8 Å². The number of piperidine rings is 1. The van der Waals surface area contributed by atoms with Gasteiger partial charge in [0.15, 0.2) is 0 Å². The Bertz CT molecular complexity index is 632. The van der Waals surface area contributed by atoms with Crippen LogP contribution in [0.25, 0.3) is 0 Å². The number of carbonyl (C=O) groups excluding carboxylic acids is 1. The Hall–Kier alpha value is -2.38. The summed E-state index contributed by atoms with van der Waals surface area (Å²) in [5.41, 5.74) is 0.479. The maximum absolute atomic E-state index is 12.2. The van der Waals surface area contributed by atoms with Crippen molar-refractivity contribution in [2.45, 2.75) is 18.9 Å². The molecule has 1 fully saturated rings. The predicted molar refractivity (Wildman–Crippen MR) is 76.9 cm³/mol. The number of nitrogens with zero attached hydrogens (tertiary/aromatic N) is 6. The molecular formula is C13H19N7O. The molecule has 112 valence electrons. The molecule has 8 heteroatoms. The Kier molecular flexibility index (Phi) is 3.59. The molecule has 2 aromatic heterocycles. The van der Waals surface area contributed by atoms with Gasteiger partial charge in [0.2, 0.25) is 0 Å². The second-order valence-electron chi connectivity index (χ2n) is 5.31. The van der Waals surface area contributed by atoms with Gasteiger partial charge in [-0.15, -0.1) is 5.10 Å². The molecule has 0 aliphatic carbocycles. The van der Waals surface area contributed by atoms with E-state index in [2.05, 4.69) is 25.6 Å². The third-order valence-electron chi connectivity index (χ3n) is 3.82. The summed E-state index contributed by atoms with van der Waals surface area (Å²) in [4.78, 5) is 14.5. The van der Waals surface area contributed by atoms with Crippen molar-refractivity contribution in [1.29, 1.82) is 0 Å². The highest BCUT2D eigenvalue weighted by Gasteiger charge is 2.24. The topological polar surface area (TPSA) is 80.9 Å². The second-order valence-corrected chi connectivity index (χ2v) is 5.31. The van der Waals surface area contributed by atoms with Gasteiger partial charge in [-0.2, -0.15) is 5.10 Å². The molecule has 1 aliphatic heterocycles. The number of amides is 1. The predicted octanol–water partition coefficient (Wildman–Crippen LogP) is -0.0526. The molecular weight excluding hydrogens is 270 g/mol. The lowest BCUT2D eigenvalue weighted by atomic mass is 10.1. The molecule has 0 saturated carbocycles. The van der Waals surface area contributed by atoms with Crippen molar-refractivity contribution < 1.29 is 4.79 Å². The summed E-state index contributed by atoms with van der Waals surface area (Å²) in [5, 5.41) is 14.8. The minimum absolute atomic E-state index is 0.121. The molecule has 8 nitrogen and oxygen atoms in total. The first-order chi connectivity index (χ1) is 10.1. The van der Waals surface area contributed by atoms with Crippen LogP contribution in [-0.4, -0.2) is 49.8 Å². The van der Waals surface area contributed by atoms with Gasteiger partial charge in [-0.1, -0.05) is 5.21 Å². The first kappa shape index (κ1) is 13.6. The van der Waals surface area contributed by atoms with E-state index >= 15 is 0 Å². The number of nitrogens with one attached hydrogen (secondary N) is 1. The molecule has 0 unspecified atom stereocenters. The molecule has 0 aromatic carbocycles. The Morgan fingerprint density at radius 3 is 2.90 bits per heavy atom. The Morgan fingerprint density at radius 2 is 2.24 bits per heavy atom. The highest BCUT2D eigenvalue weighted by atomic mass is 16.2. The zero-order valence-corrected chi connectivity index (χ0v) is 12.2. The molecule has 1 atom stereocenters. The molecule has 1 N–H and O–H groups in total. The van der Waals surface area contributed by atoms with Crippen molar-refractivity contribution >= 4 is 11.7 Å². The summed E-state index contributed by atoms with van der Waals surface area (Å²) in [6.45, 7) is 1.77. The number of anilines is 1. The molecule has 21 heavy (non-hydrogen) atoms. The molecule has 1 aliphatic rings. The highest BCUT2D eigenvalue weighted by molar-refractivity contribution is 5.92. The fourth-order valence-electron chi connectivity index (χ4n) is 2.73. The fraction of sp³-hybridized carbons (Fsp3) is 0.538. The lowest BCUT2D eigenvalue weighted by molar-refractivity contribution is 0.0923. The zero-order chi connectivity index (χ0) is 14.8. The van der Waals surface area contributed by atoms with Gasteiger partial charge < -0.3 is 10.2 Å². The summed E-state index contributed by atoms with van der Waals surface area (Å²) < 4.78 is 3.34. The molecule has 0 bridgehead atoms. The molecule has 0 radical (unpaired) electrons. The van der Waals surface area contributed by atoms with Crippen molar-refractivity contribution in [3.05, 3.63) is 24.2 Å². The van der Waals surface area contributed by atoms with E-state index < -0.39 is 0 Å². The number of carbonyl (C=O) groups is 1. The monoisotopic (exact) mass is 289 g/mol. The molecule has 1 saturated heterocycles. The average molecular weight is 289 g/mol. The van der Waals surface area contributed by atoms with Crippen molar-refractivity contribution in [3.63, 3.8) is 0 Å². The molecule has 3 rings (SSSR count). The zero-order valence-electron chi connectivity index (χ0n) is 12.2. The summed E-state index contributed by atoms with van der Waals surface area (Å²) >= 11 is 0. The average Bonchev–Trinajstić information content (AvgIpc) is 3.07. The van der Waals surface area contributed by atoms with Crippen molar-refractivity contribution in [1.82, 2.24) is 30.1 Å². The van der Waals surface area contributed by atoms with Crippen LogP contribution in [0.4, 0.5) is 5.82 Å². The SMILES string of the molecule is Cn1nncc1C(=O)N[C@@H]1CCCN(c2ccnn2C)C1. The number of hydrogen-bond donors (Lipinski definition) is 1. The van der Waals surface area contributed by atoms with Crippen LogP contribution in [0.1, 0.15) is 23.3 Å². The standard InChI is InChI=1S/C13H19N7O/c1-18-11(8-14-17-18)13(21)16-10-4-3-7-20(9-10)12-5-6-15-19(12)2/h5-6,8,10H,3-4,7,9H2,1-2H3,(H,16,21)/t10-/m1/s1. The van der Waals surface area contributed by atoms with Gasteiger partial charge in [-0.05, 0) is 12.8 Å². The van der Waals surface area contributed by atoms with Gasteiger partial charge in [0.25, 0.3) is 5.91 Å². The summed E-state index contributed by atoms with van der Waals surface area (Å²) in [6, 6.07) is 2.12. The number of aromatic nitrogens is 5. The van der Waals surface area contributed by atoms with Gasteiger partial charge in [-0.25, -0.2) is 4.68 Å². The van der Waals surface area contributed by atoms with Crippen LogP contribution in [0.15, 0.2) is 18.5 Å². The summed E-state index contributed by atoms with van der Waals surface area (Å²) in [6.07, 6.45) is 5.29. The number of hydrogen-bond acceptors (Lipinski definition) is 5. The van der Waals surface area contributed by atoms with E-state index in [-0.39, 0.29) is 11.9 Å². The quantitative estimate of drug-likeness (QED) is 0.856. The third-order valence-corrected chi connectivity index (χ3v) is 3.82. The summed E-state index contributed by atoms with van der Waals surface area (Å²) in [5.74, 6) is 0.954. The number of aryl methyl sites for hydroxylation is 2. The van der Waals surface area contributed by atoms with E-state index in [4.69, 9.17) is 0 Å². The van der Waals surface area contributed by atoms with Gasteiger partial charge in [0.1, 0.15) is 11.5 Å². The van der Waals surface area contributed by atoms with Gasteiger partial charge >= 0.3 is 0 Å².